The Hall–Kier alpha value is -2.54. The molecule has 0 aliphatic carbocycles. The molecule has 0 spiro atoms. The zero-order valence-corrected chi connectivity index (χ0v) is 19.3. The van der Waals surface area contributed by atoms with E-state index in [1.165, 1.54) is 30.5 Å². The molecule has 0 saturated carbocycles. The minimum absolute atomic E-state index is 0. The fraction of sp³-hybridized carbons (Fsp3) is 0.350. The summed E-state index contributed by atoms with van der Waals surface area (Å²) in [7, 11) is 0. The van der Waals surface area contributed by atoms with Gasteiger partial charge in [-0.25, -0.2) is 0 Å². The molecule has 1 atom stereocenters. The van der Waals surface area contributed by atoms with E-state index in [9.17, 15) is 18.7 Å². The Bertz CT molecular complexity index is 810. The van der Waals surface area contributed by atoms with Crippen LogP contribution in [0.15, 0.2) is 53.8 Å². The zero-order valence-electron chi connectivity index (χ0n) is 16.9. The lowest BCUT2D eigenvalue weighted by atomic mass is 10.1. The van der Waals surface area contributed by atoms with E-state index in [0.29, 0.717) is 36.7 Å². The van der Waals surface area contributed by atoms with Gasteiger partial charge in [0.05, 0.1) is 18.2 Å². The van der Waals surface area contributed by atoms with Gasteiger partial charge in [-0.3, -0.25) is 14.8 Å². The summed E-state index contributed by atoms with van der Waals surface area (Å²) in [5, 5.41) is 19.1. The number of guanidine groups is 1. The van der Waals surface area contributed by atoms with Gasteiger partial charge in [0.2, 0.25) is 0 Å². The van der Waals surface area contributed by atoms with Gasteiger partial charge in [-0.2, -0.15) is 8.78 Å². The van der Waals surface area contributed by atoms with E-state index in [1.54, 1.807) is 18.3 Å². The SMILES string of the molecule is CCNC(=NCC(O)c1ccc(OC(F)F)cc1)NCCNC(=O)c1cccnc1.I. The van der Waals surface area contributed by atoms with Gasteiger partial charge in [-0.1, -0.05) is 12.1 Å². The lowest BCUT2D eigenvalue weighted by Crippen LogP contribution is -2.41. The number of ether oxygens (including phenoxy) is 1. The first-order chi connectivity index (χ1) is 14.5. The van der Waals surface area contributed by atoms with Crippen LogP contribution in [0, 0.1) is 0 Å². The summed E-state index contributed by atoms with van der Waals surface area (Å²) >= 11 is 0. The molecule has 1 unspecified atom stereocenters. The summed E-state index contributed by atoms with van der Waals surface area (Å²) in [4.78, 5) is 20.2. The normalized spacial score (nSPS) is 12.0. The summed E-state index contributed by atoms with van der Waals surface area (Å²) in [6.45, 7) is 0.475. The molecule has 11 heteroatoms. The molecule has 4 N–H and O–H groups in total. The summed E-state index contributed by atoms with van der Waals surface area (Å²) in [6, 6.07) is 9.10. The third kappa shape index (κ3) is 9.87. The highest BCUT2D eigenvalue weighted by atomic mass is 127. The Morgan fingerprint density at radius 3 is 2.48 bits per heavy atom. The molecule has 0 bridgehead atoms. The Morgan fingerprint density at radius 1 is 1.16 bits per heavy atom. The molecule has 2 rings (SSSR count). The van der Waals surface area contributed by atoms with Crippen LogP contribution in [-0.4, -0.2) is 54.7 Å². The average Bonchev–Trinajstić information content (AvgIpc) is 2.75. The minimum Gasteiger partial charge on any atom is -0.435 e. The lowest BCUT2D eigenvalue weighted by Gasteiger charge is -2.14. The number of aliphatic hydroxyl groups is 1. The predicted molar refractivity (Wildman–Crippen MR) is 124 cm³/mol. The van der Waals surface area contributed by atoms with E-state index in [1.807, 2.05) is 6.92 Å². The maximum absolute atomic E-state index is 12.2. The van der Waals surface area contributed by atoms with Crippen molar-refractivity contribution in [1.82, 2.24) is 20.9 Å². The van der Waals surface area contributed by atoms with Gasteiger partial charge >= 0.3 is 6.61 Å². The third-order valence-electron chi connectivity index (χ3n) is 3.88. The van der Waals surface area contributed by atoms with Crippen molar-refractivity contribution in [1.29, 1.82) is 0 Å². The van der Waals surface area contributed by atoms with Gasteiger partial charge in [-0.05, 0) is 36.8 Å². The van der Waals surface area contributed by atoms with Crippen LogP contribution in [0.25, 0.3) is 0 Å². The van der Waals surface area contributed by atoms with Crippen molar-refractivity contribution in [2.24, 2.45) is 4.99 Å². The fourth-order valence-electron chi connectivity index (χ4n) is 2.45. The van der Waals surface area contributed by atoms with Crippen molar-refractivity contribution >= 4 is 35.8 Å². The number of hydrogen-bond donors (Lipinski definition) is 4. The van der Waals surface area contributed by atoms with E-state index in [2.05, 4.69) is 30.7 Å². The second-order valence-corrected chi connectivity index (χ2v) is 6.11. The number of aliphatic imine (C=N–C) groups is 1. The molecule has 0 aliphatic heterocycles. The van der Waals surface area contributed by atoms with Crippen LogP contribution in [0.2, 0.25) is 0 Å². The number of amides is 1. The summed E-state index contributed by atoms with van der Waals surface area (Å²) in [6.07, 6.45) is 2.17. The van der Waals surface area contributed by atoms with E-state index in [4.69, 9.17) is 0 Å². The number of alkyl halides is 2. The number of rotatable bonds is 10. The van der Waals surface area contributed by atoms with E-state index in [-0.39, 0.29) is 42.2 Å². The standard InChI is InChI=1S/C20H25F2N5O3.HI/c1-2-24-20(26-11-10-25-18(29)15-4-3-9-23-12-15)27-13-17(28)14-5-7-16(8-6-14)30-19(21)22;/h3-9,12,17,19,28H,2,10-11,13H2,1H3,(H,25,29)(H2,24,26,27);1H. The summed E-state index contributed by atoms with van der Waals surface area (Å²) in [5.74, 6) is 0.277. The number of hydrogen-bond acceptors (Lipinski definition) is 5. The van der Waals surface area contributed by atoms with Gasteiger partial charge in [0, 0.05) is 32.0 Å². The molecular weight excluding hydrogens is 523 g/mol. The Kier molecular flexibility index (Phi) is 12.4. The molecule has 8 nitrogen and oxygen atoms in total. The molecule has 0 fully saturated rings. The first-order valence-electron chi connectivity index (χ1n) is 9.42. The molecule has 0 radical (unpaired) electrons. The van der Waals surface area contributed by atoms with Crippen molar-refractivity contribution in [3.05, 3.63) is 59.9 Å². The average molecular weight is 549 g/mol. The van der Waals surface area contributed by atoms with E-state index in [0.717, 1.165) is 0 Å². The third-order valence-corrected chi connectivity index (χ3v) is 3.88. The van der Waals surface area contributed by atoms with Crippen molar-refractivity contribution in [3.8, 4) is 5.75 Å². The van der Waals surface area contributed by atoms with Crippen LogP contribution in [-0.2, 0) is 0 Å². The second kappa shape index (κ2) is 14.5. The van der Waals surface area contributed by atoms with Gasteiger partial charge in [0.15, 0.2) is 5.96 Å². The van der Waals surface area contributed by atoms with E-state index < -0.39 is 12.7 Å². The number of benzene rings is 1. The number of halogens is 3. The van der Waals surface area contributed by atoms with Crippen LogP contribution in [0.1, 0.15) is 28.9 Å². The number of aliphatic hydroxyl groups excluding tert-OH is 1. The van der Waals surface area contributed by atoms with Gasteiger partial charge in [0.25, 0.3) is 5.91 Å². The van der Waals surface area contributed by atoms with Crippen LogP contribution >= 0.6 is 24.0 Å². The van der Waals surface area contributed by atoms with Gasteiger partial charge < -0.3 is 25.8 Å². The number of aromatic nitrogens is 1. The quantitative estimate of drug-likeness (QED) is 0.157. The first kappa shape index (κ1) is 26.5. The van der Waals surface area contributed by atoms with Gasteiger partial charge in [0.1, 0.15) is 5.75 Å². The molecule has 1 amide bonds. The fourth-order valence-corrected chi connectivity index (χ4v) is 2.45. The molecular formula is C20H26F2IN5O3. The molecule has 170 valence electrons. The summed E-state index contributed by atoms with van der Waals surface area (Å²) < 4.78 is 28.7. The van der Waals surface area contributed by atoms with Crippen molar-refractivity contribution < 1.29 is 23.4 Å². The largest absolute Gasteiger partial charge is 0.435 e. The zero-order chi connectivity index (χ0) is 21.8. The summed E-state index contributed by atoms with van der Waals surface area (Å²) in [5.41, 5.74) is 1.01. The molecule has 31 heavy (non-hydrogen) atoms. The van der Waals surface area contributed by atoms with E-state index >= 15 is 0 Å². The highest BCUT2D eigenvalue weighted by Gasteiger charge is 2.10. The molecule has 0 saturated heterocycles. The minimum atomic E-state index is -2.90. The predicted octanol–water partition coefficient (Wildman–Crippen LogP) is 2.32. The van der Waals surface area contributed by atoms with Crippen LogP contribution in [0.4, 0.5) is 8.78 Å². The first-order valence-corrected chi connectivity index (χ1v) is 9.42. The monoisotopic (exact) mass is 549 g/mol. The van der Waals surface area contributed by atoms with Crippen molar-refractivity contribution in [2.45, 2.75) is 19.6 Å². The maximum Gasteiger partial charge on any atom is 0.387 e. The molecule has 1 aromatic heterocycles. The number of carbonyl (C=O) groups excluding carboxylic acids is 1. The van der Waals surface area contributed by atoms with Crippen LogP contribution < -0.4 is 20.7 Å². The molecule has 1 heterocycles. The number of nitrogens with one attached hydrogen (secondary N) is 3. The Balaban J connectivity index is 0.00000480. The Morgan fingerprint density at radius 2 is 1.87 bits per heavy atom. The maximum atomic E-state index is 12.2. The van der Waals surface area contributed by atoms with Crippen LogP contribution in [0.5, 0.6) is 5.75 Å². The van der Waals surface area contributed by atoms with Crippen molar-refractivity contribution in [2.75, 3.05) is 26.2 Å². The second-order valence-electron chi connectivity index (χ2n) is 6.11. The van der Waals surface area contributed by atoms with Crippen LogP contribution in [0.3, 0.4) is 0 Å². The number of nitrogens with zero attached hydrogens (tertiary/aromatic N) is 2. The molecule has 0 aliphatic rings. The van der Waals surface area contributed by atoms with Crippen molar-refractivity contribution in [3.63, 3.8) is 0 Å². The van der Waals surface area contributed by atoms with Gasteiger partial charge in [-0.15, -0.1) is 24.0 Å². The molecule has 2 aromatic rings. The topological polar surface area (TPSA) is 108 Å². The highest BCUT2D eigenvalue weighted by Crippen LogP contribution is 2.19. The highest BCUT2D eigenvalue weighted by molar-refractivity contribution is 14.0. The number of carbonyl (C=O) groups is 1. The smallest absolute Gasteiger partial charge is 0.387 e. The lowest BCUT2D eigenvalue weighted by molar-refractivity contribution is -0.0498. The Labute approximate surface area is 196 Å². The number of pyridine rings is 1. The molecule has 1 aromatic carbocycles.